The van der Waals surface area contributed by atoms with Crippen LogP contribution in [0.1, 0.15) is 39.0 Å². The number of halogens is 1. The number of benzene rings is 1. The molecule has 7 nitrogen and oxygen atoms in total. The summed E-state index contributed by atoms with van der Waals surface area (Å²) in [5, 5.41) is 0.555. The second kappa shape index (κ2) is 9.34. The molecule has 1 aromatic rings. The molecule has 3 rings (SSSR count). The molecule has 0 aromatic heterocycles. The summed E-state index contributed by atoms with van der Waals surface area (Å²) in [6.07, 6.45) is 3.28. The lowest BCUT2D eigenvalue weighted by molar-refractivity contribution is -0.159. The van der Waals surface area contributed by atoms with E-state index in [4.69, 9.17) is 21.1 Å². The van der Waals surface area contributed by atoms with E-state index in [0.717, 1.165) is 25.7 Å². The van der Waals surface area contributed by atoms with Gasteiger partial charge in [0, 0.05) is 17.1 Å². The van der Waals surface area contributed by atoms with E-state index in [1.807, 2.05) is 0 Å². The summed E-state index contributed by atoms with van der Waals surface area (Å²) in [7, 11) is -3.12. The Morgan fingerprint density at radius 3 is 2.38 bits per heavy atom. The van der Waals surface area contributed by atoms with Crippen molar-refractivity contribution in [1.29, 1.82) is 0 Å². The number of ether oxygens (including phenoxy) is 2. The van der Waals surface area contributed by atoms with Gasteiger partial charge in [0.05, 0.1) is 11.5 Å². The Bertz CT molecular complexity index is 835. The summed E-state index contributed by atoms with van der Waals surface area (Å²) < 4.78 is 34.5. The first-order valence-electron chi connectivity index (χ1n) is 9.85. The number of rotatable bonds is 7. The van der Waals surface area contributed by atoms with Gasteiger partial charge in [-0.25, -0.2) is 13.2 Å². The number of esters is 1. The third-order valence-electron chi connectivity index (χ3n) is 5.40. The molecular weight excluding hydrogens is 418 g/mol. The quantitative estimate of drug-likeness (QED) is 0.602. The number of sulfone groups is 1. The van der Waals surface area contributed by atoms with Crippen LogP contribution in [0.2, 0.25) is 5.02 Å². The predicted octanol–water partition coefficient (Wildman–Crippen LogP) is 2.61. The van der Waals surface area contributed by atoms with Crippen LogP contribution in [0, 0.1) is 0 Å². The molecule has 0 spiro atoms. The van der Waals surface area contributed by atoms with Crippen molar-refractivity contribution in [3.05, 3.63) is 29.3 Å². The predicted molar refractivity (Wildman–Crippen MR) is 109 cm³/mol. The van der Waals surface area contributed by atoms with Crippen molar-refractivity contribution in [2.45, 2.75) is 57.2 Å². The highest BCUT2D eigenvalue weighted by atomic mass is 35.5. The van der Waals surface area contributed by atoms with E-state index in [0.29, 0.717) is 17.2 Å². The van der Waals surface area contributed by atoms with Crippen LogP contribution in [-0.4, -0.2) is 61.5 Å². The number of hydrogen-bond donors (Lipinski definition) is 0. The van der Waals surface area contributed by atoms with E-state index in [-0.39, 0.29) is 29.5 Å². The molecule has 1 heterocycles. The summed E-state index contributed by atoms with van der Waals surface area (Å²) in [6.45, 7) is 1.12. The van der Waals surface area contributed by atoms with Gasteiger partial charge in [-0.1, -0.05) is 24.4 Å². The first-order chi connectivity index (χ1) is 13.7. The number of nitrogens with zero attached hydrogens (tertiary/aromatic N) is 1. The minimum atomic E-state index is -3.12. The first kappa shape index (κ1) is 21.9. The molecule has 1 saturated carbocycles. The average Bonchev–Trinajstić information content (AvgIpc) is 3.31. The first-order valence-corrected chi connectivity index (χ1v) is 12.1. The van der Waals surface area contributed by atoms with Crippen molar-refractivity contribution in [3.8, 4) is 5.75 Å². The summed E-state index contributed by atoms with van der Waals surface area (Å²) in [4.78, 5) is 26.8. The summed E-state index contributed by atoms with van der Waals surface area (Å²) >= 11 is 5.82. The van der Waals surface area contributed by atoms with E-state index in [1.165, 1.54) is 0 Å². The van der Waals surface area contributed by atoms with Crippen LogP contribution < -0.4 is 4.74 Å². The molecule has 0 radical (unpaired) electrons. The lowest BCUT2D eigenvalue weighted by Crippen LogP contribution is -2.48. The van der Waals surface area contributed by atoms with Gasteiger partial charge in [0.15, 0.2) is 22.5 Å². The van der Waals surface area contributed by atoms with Crippen LogP contribution in [-0.2, 0) is 24.2 Å². The van der Waals surface area contributed by atoms with Gasteiger partial charge in [0.2, 0.25) is 0 Å². The minimum absolute atomic E-state index is 0.0146. The molecule has 9 heteroatoms. The maximum Gasteiger partial charge on any atom is 0.347 e. The lowest BCUT2D eigenvalue weighted by atomic mass is 10.1. The van der Waals surface area contributed by atoms with Gasteiger partial charge < -0.3 is 14.4 Å². The largest absolute Gasteiger partial charge is 0.479 e. The van der Waals surface area contributed by atoms with Gasteiger partial charge in [-0.3, -0.25) is 4.79 Å². The van der Waals surface area contributed by atoms with E-state index >= 15 is 0 Å². The van der Waals surface area contributed by atoms with Crippen LogP contribution >= 0.6 is 11.6 Å². The van der Waals surface area contributed by atoms with Crippen molar-refractivity contribution in [1.82, 2.24) is 4.90 Å². The molecule has 2 fully saturated rings. The number of amides is 1. The Hall–Kier alpha value is -1.80. The summed E-state index contributed by atoms with van der Waals surface area (Å²) in [5.74, 6) is -0.446. The van der Waals surface area contributed by atoms with Crippen LogP contribution in [0.15, 0.2) is 24.3 Å². The fraction of sp³-hybridized carbons (Fsp3) is 0.600. The normalized spacial score (nSPS) is 22.2. The molecule has 0 N–H and O–H groups in total. The Labute approximate surface area is 176 Å². The van der Waals surface area contributed by atoms with E-state index in [9.17, 15) is 18.0 Å². The smallest absolute Gasteiger partial charge is 0.347 e. The topological polar surface area (TPSA) is 90.0 Å². The number of carbonyl (C=O) groups excluding carboxylic acids is 2. The molecule has 0 bridgehead atoms. The highest BCUT2D eigenvalue weighted by Crippen LogP contribution is 2.29. The van der Waals surface area contributed by atoms with Crippen LogP contribution in [0.4, 0.5) is 0 Å². The molecule has 1 amide bonds. The molecule has 2 aliphatic rings. The molecule has 29 heavy (non-hydrogen) atoms. The van der Waals surface area contributed by atoms with Crippen LogP contribution in [0.25, 0.3) is 0 Å². The maximum atomic E-state index is 12.8. The van der Waals surface area contributed by atoms with Gasteiger partial charge in [-0.05, 0) is 50.5 Å². The average molecular weight is 444 g/mol. The highest BCUT2D eigenvalue weighted by molar-refractivity contribution is 7.91. The van der Waals surface area contributed by atoms with Crippen molar-refractivity contribution >= 4 is 33.3 Å². The van der Waals surface area contributed by atoms with Crippen LogP contribution in [0.5, 0.6) is 5.75 Å². The molecule has 160 valence electrons. The molecule has 1 aromatic carbocycles. The Kier molecular flexibility index (Phi) is 7.05. The molecule has 2 atom stereocenters. The van der Waals surface area contributed by atoms with Gasteiger partial charge in [-0.2, -0.15) is 0 Å². The van der Waals surface area contributed by atoms with Gasteiger partial charge in [0.25, 0.3) is 5.91 Å². The zero-order valence-electron chi connectivity index (χ0n) is 16.4. The van der Waals surface area contributed by atoms with Crippen LogP contribution in [0.3, 0.4) is 0 Å². The fourth-order valence-electron chi connectivity index (χ4n) is 3.97. The Morgan fingerprint density at radius 2 is 1.79 bits per heavy atom. The molecule has 1 aliphatic carbocycles. The van der Waals surface area contributed by atoms with Gasteiger partial charge >= 0.3 is 5.97 Å². The van der Waals surface area contributed by atoms with E-state index in [2.05, 4.69) is 0 Å². The highest BCUT2D eigenvalue weighted by Gasteiger charge is 2.39. The SMILES string of the molecule is CC(Oc1ccc(Cl)cc1)C(=O)OCC(=O)N(C1CCCC1)C1CCS(=O)(=O)C1. The Balaban J connectivity index is 1.57. The van der Waals surface area contributed by atoms with E-state index in [1.54, 1.807) is 36.1 Å². The van der Waals surface area contributed by atoms with Crippen molar-refractivity contribution in [2.24, 2.45) is 0 Å². The maximum absolute atomic E-state index is 12.8. The standard InChI is InChI=1S/C20H26ClNO6S/c1-14(28-18-8-6-15(21)7-9-18)20(24)27-12-19(23)22(16-4-2-3-5-16)17-10-11-29(25,26)13-17/h6-9,14,16-17H,2-5,10-13H2,1H3. The van der Waals surface area contributed by atoms with Crippen molar-refractivity contribution < 1.29 is 27.5 Å². The van der Waals surface area contributed by atoms with E-state index < -0.39 is 28.5 Å². The fourth-order valence-corrected chi connectivity index (χ4v) is 5.81. The van der Waals surface area contributed by atoms with Crippen molar-refractivity contribution in [3.63, 3.8) is 0 Å². The third kappa shape index (κ3) is 5.85. The lowest BCUT2D eigenvalue weighted by Gasteiger charge is -2.34. The van der Waals surface area contributed by atoms with Gasteiger partial charge in [-0.15, -0.1) is 0 Å². The number of hydrogen-bond acceptors (Lipinski definition) is 6. The second-order valence-corrected chi connectivity index (χ2v) is 10.3. The number of carbonyl (C=O) groups is 2. The minimum Gasteiger partial charge on any atom is -0.479 e. The second-order valence-electron chi connectivity index (χ2n) is 7.62. The molecule has 2 unspecified atom stereocenters. The summed E-state index contributed by atoms with van der Waals surface area (Å²) in [6, 6.07) is 6.25. The van der Waals surface area contributed by atoms with Crippen molar-refractivity contribution in [2.75, 3.05) is 18.1 Å². The zero-order valence-corrected chi connectivity index (χ0v) is 18.0. The molecule has 1 saturated heterocycles. The molecule has 1 aliphatic heterocycles. The zero-order chi connectivity index (χ0) is 21.0. The molecular formula is C20H26ClNO6S. The summed E-state index contributed by atoms with van der Waals surface area (Å²) in [5.41, 5.74) is 0. The monoisotopic (exact) mass is 443 g/mol. The third-order valence-corrected chi connectivity index (χ3v) is 7.41. The Morgan fingerprint density at radius 1 is 1.14 bits per heavy atom. The van der Waals surface area contributed by atoms with Gasteiger partial charge in [0.1, 0.15) is 5.75 Å².